The Balaban J connectivity index is 0.00000110. The molecule has 1 saturated carbocycles. The Morgan fingerprint density at radius 1 is 1.52 bits per heavy atom. The highest BCUT2D eigenvalue weighted by atomic mass is 35.5. The summed E-state index contributed by atoms with van der Waals surface area (Å²) in [6.07, 6.45) is 6.51. The number of aromatic nitrogens is 1. The number of carbonyl (C=O) groups is 1. The molecule has 0 unspecified atom stereocenters. The predicted octanol–water partition coefficient (Wildman–Crippen LogP) is 2.72. The first-order valence-electron chi connectivity index (χ1n) is 7.07. The molecule has 2 heterocycles. The molecule has 1 N–H and O–H groups in total. The molecule has 1 aliphatic heterocycles. The normalized spacial score (nSPS) is 27.2. The number of carbonyl (C=O) groups excluding carboxylic acids is 1. The average Bonchev–Trinajstić information content (AvgIpc) is 3.06. The summed E-state index contributed by atoms with van der Waals surface area (Å²) in [6.45, 7) is 2.51. The van der Waals surface area contributed by atoms with Crippen LogP contribution in [0.5, 0.6) is 0 Å². The van der Waals surface area contributed by atoms with Gasteiger partial charge in [0, 0.05) is 25.2 Å². The van der Waals surface area contributed by atoms with E-state index < -0.39 is 0 Å². The molecule has 0 radical (unpaired) electrons. The molecule has 7 heteroatoms. The van der Waals surface area contributed by atoms with Gasteiger partial charge in [0.25, 0.3) is 0 Å². The number of hydrogen-bond acceptors (Lipinski definition) is 4. The van der Waals surface area contributed by atoms with E-state index in [0.717, 1.165) is 24.5 Å². The minimum Gasteiger partial charge on any atom is -0.338 e. The van der Waals surface area contributed by atoms with Crippen molar-refractivity contribution in [1.29, 1.82) is 0 Å². The fourth-order valence-corrected chi connectivity index (χ4v) is 4.32. The quantitative estimate of drug-likeness (QED) is 0.910. The van der Waals surface area contributed by atoms with Crippen molar-refractivity contribution < 1.29 is 4.79 Å². The Morgan fingerprint density at radius 2 is 2.33 bits per heavy atom. The molecule has 4 nitrogen and oxygen atoms in total. The third-order valence-corrected chi connectivity index (χ3v) is 5.43. The lowest BCUT2D eigenvalue weighted by Gasteiger charge is -2.39. The van der Waals surface area contributed by atoms with E-state index in [4.69, 9.17) is 0 Å². The Labute approximate surface area is 142 Å². The van der Waals surface area contributed by atoms with Crippen molar-refractivity contribution >= 4 is 42.1 Å². The minimum absolute atomic E-state index is 0. The molecule has 2 atom stereocenters. The van der Waals surface area contributed by atoms with E-state index in [9.17, 15) is 4.79 Å². The van der Waals surface area contributed by atoms with Crippen LogP contribution in [0.15, 0.2) is 11.6 Å². The third-order valence-electron chi connectivity index (χ3n) is 4.67. The number of fused-ring (bicyclic) bond motifs is 1. The van der Waals surface area contributed by atoms with E-state index in [-0.39, 0.29) is 30.2 Å². The molecule has 2 aliphatic rings. The molecule has 1 aromatic heterocycles. The first kappa shape index (κ1) is 18.7. The molecule has 1 saturated heterocycles. The number of halogens is 2. The van der Waals surface area contributed by atoms with Crippen LogP contribution in [0.3, 0.4) is 0 Å². The van der Waals surface area contributed by atoms with E-state index in [2.05, 4.69) is 10.3 Å². The maximum absolute atomic E-state index is 12.9. The van der Waals surface area contributed by atoms with Crippen molar-refractivity contribution in [2.24, 2.45) is 11.3 Å². The Kier molecular flexibility index (Phi) is 6.91. The monoisotopic (exact) mass is 351 g/mol. The van der Waals surface area contributed by atoms with Crippen molar-refractivity contribution in [2.75, 3.05) is 20.1 Å². The third kappa shape index (κ3) is 3.52. The standard InChI is InChI=1S/C14H21N3OS.2ClH/c1-17(9-12-16-6-7-19-12)13(18)14-5-3-2-4-11(14)8-15-10-14;;/h6-7,11,15H,2-5,8-10H2,1H3;2*1H/t11-,14+;;/m0../s1. The molecule has 1 amide bonds. The van der Waals surface area contributed by atoms with Crippen LogP contribution in [0.4, 0.5) is 0 Å². The van der Waals surface area contributed by atoms with Gasteiger partial charge in [-0.25, -0.2) is 4.98 Å². The second-order valence-electron chi connectivity index (χ2n) is 5.82. The summed E-state index contributed by atoms with van der Waals surface area (Å²) < 4.78 is 0. The van der Waals surface area contributed by atoms with Crippen molar-refractivity contribution in [3.8, 4) is 0 Å². The zero-order chi connectivity index (χ0) is 13.3. The predicted molar refractivity (Wildman–Crippen MR) is 90.3 cm³/mol. The van der Waals surface area contributed by atoms with Gasteiger partial charge >= 0.3 is 0 Å². The van der Waals surface area contributed by atoms with Gasteiger partial charge < -0.3 is 10.2 Å². The topological polar surface area (TPSA) is 45.2 Å². The number of amides is 1. The fraction of sp³-hybridized carbons (Fsp3) is 0.714. The SMILES string of the molecule is CN(Cc1nccs1)C(=O)[C@@]12CCCC[C@H]1CNC2.Cl.Cl. The van der Waals surface area contributed by atoms with Crippen LogP contribution >= 0.6 is 36.2 Å². The lowest BCUT2D eigenvalue weighted by atomic mass is 9.67. The summed E-state index contributed by atoms with van der Waals surface area (Å²) in [5, 5.41) is 6.42. The van der Waals surface area contributed by atoms with Crippen molar-refractivity contribution in [2.45, 2.75) is 32.2 Å². The van der Waals surface area contributed by atoms with Gasteiger partial charge in [-0.1, -0.05) is 12.8 Å². The van der Waals surface area contributed by atoms with Crippen molar-refractivity contribution in [1.82, 2.24) is 15.2 Å². The molecular weight excluding hydrogens is 329 g/mol. The van der Waals surface area contributed by atoms with Crippen LogP contribution in [0, 0.1) is 11.3 Å². The van der Waals surface area contributed by atoms with Gasteiger partial charge in [0.2, 0.25) is 5.91 Å². The molecule has 21 heavy (non-hydrogen) atoms. The maximum Gasteiger partial charge on any atom is 0.230 e. The largest absolute Gasteiger partial charge is 0.338 e. The van der Waals surface area contributed by atoms with E-state index in [1.165, 1.54) is 19.3 Å². The number of rotatable bonds is 3. The summed E-state index contributed by atoms with van der Waals surface area (Å²) >= 11 is 1.62. The highest BCUT2D eigenvalue weighted by molar-refractivity contribution is 7.09. The van der Waals surface area contributed by atoms with Crippen LogP contribution < -0.4 is 5.32 Å². The van der Waals surface area contributed by atoms with Crippen LogP contribution in [0.25, 0.3) is 0 Å². The molecule has 1 aromatic rings. The Morgan fingerprint density at radius 3 is 3.05 bits per heavy atom. The zero-order valence-electron chi connectivity index (χ0n) is 12.2. The lowest BCUT2D eigenvalue weighted by molar-refractivity contribution is -0.144. The van der Waals surface area contributed by atoms with Gasteiger partial charge in [-0.3, -0.25) is 4.79 Å². The number of nitrogens with zero attached hydrogens (tertiary/aromatic N) is 2. The van der Waals surface area contributed by atoms with Crippen LogP contribution in [-0.2, 0) is 11.3 Å². The molecule has 1 aliphatic carbocycles. The highest BCUT2D eigenvalue weighted by Gasteiger charge is 2.50. The molecule has 2 fully saturated rings. The Hall–Kier alpha value is -0.360. The van der Waals surface area contributed by atoms with Crippen molar-refractivity contribution in [3.05, 3.63) is 16.6 Å². The van der Waals surface area contributed by atoms with Gasteiger partial charge in [-0.2, -0.15) is 0 Å². The number of thiazole rings is 1. The molecule has 3 rings (SSSR count). The summed E-state index contributed by atoms with van der Waals surface area (Å²) in [5.41, 5.74) is -0.135. The smallest absolute Gasteiger partial charge is 0.230 e. The van der Waals surface area contributed by atoms with E-state index in [1.807, 2.05) is 17.3 Å². The Bertz CT molecular complexity index is 457. The van der Waals surface area contributed by atoms with Gasteiger partial charge in [0.05, 0.1) is 12.0 Å². The zero-order valence-corrected chi connectivity index (χ0v) is 14.7. The second-order valence-corrected chi connectivity index (χ2v) is 6.80. The van der Waals surface area contributed by atoms with E-state index in [1.54, 1.807) is 17.5 Å². The summed E-state index contributed by atoms with van der Waals surface area (Å²) in [6, 6.07) is 0. The van der Waals surface area contributed by atoms with E-state index >= 15 is 0 Å². The first-order chi connectivity index (χ1) is 9.22. The van der Waals surface area contributed by atoms with Crippen LogP contribution in [0.1, 0.15) is 30.7 Å². The highest BCUT2D eigenvalue weighted by Crippen LogP contribution is 2.45. The number of nitrogens with one attached hydrogen (secondary N) is 1. The van der Waals surface area contributed by atoms with Gasteiger partial charge in [-0.05, 0) is 25.3 Å². The van der Waals surface area contributed by atoms with Gasteiger partial charge in [0.1, 0.15) is 5.01 Å². The second kappa shape index (κ2) is 7.77. The maximum atomic E-state index is 12.9. The molecule has 0 spiro atoms. The first-order valence-corrected chi connectivity index (χ1v) is 7.95. The van der Waals surface area contributed by atoms with Crippen LogP contribution in [-0.4, -0.2) is 35.9 Å². The van der Waals surface area contributed by atoms with Crippen molar-refractivity contribution in [3.63, 3.8) is 0 Å². The molecule has 0 aromatic carbocycles. The molecular formula is C14H23Cl2N3OS. The molecule has 0 bridgehead atoms. The number of hydrogen-bond donors (Lipinski definition) is 1. The summed E-state index contributed by atoms with van der Waals surface area (Å²) in [4.78, 5) is 19.0. The van der Waals surface area contributed by atoms with Crippen LogP contribution in [0.2, 0.25) is 0 Å². The lowest BCUT2D eigenvalue weighted by Crippen LogP contribution is -2.48. The average molecular weight is 352 g/mol. The molecule has 120 valence electrons. The summed E-state index contributed by atoms with van der Waals surface area (Å²) in [7, 11) is 1.92. The minimum atomic E-state index is -0.135. The fourth-order valence-electron chi connectivity index (χ4n) is 3.65. The summed E-state index contributed by atoms with van der Waals surface area (Å²) in [5.74, 6) is 0.852. The van der Waals surface area contributed by atoms with Gasteiger partial charge in [-0.15, -0.1) is 36.2 Å². The van der Waals surface area contributed by atoms with Gasteiger partial charge in [0.15, 0.2) is 0 Å². The van der Waals surface area contributed by atoms with E-state index in [0.29, 0.717) is 18.4 Å².